The van der Waals surface area contributed by atoms with Gasteiger partial charge in [-0.05, 0) is 44.9 Å². The summed E-state index contributed by atoms with van der Waals surface area (Å²) in [5.41, 5.74) is 2.90. The predicted molar refractivity (Wildman–Crippen MR) is 83.8 cm³/mol. The maximum atomic E-state index is 3.45. The van der Waals surface area contributed by atoms with Crippen LogP contribution in [0.2, 0.25) is 0 Å². The van der Waals surface area contributed by atoms with Gasteiger partial charge in [0.15, 0.2) is 0 Å². The van der Waals surface area contributed by atoms with Crippen LogP contribution in [0.5, 0.6) is 0 Å². The molecule has 0 spiro atoms. The minimum atomic E-state index is 0.464. The first-order valence-corrected chi connectivity index (χ1v) is 7.80. The maximum absolute atomic E-state index is 3.45. The van der Waals surface area contributed by atoms with Crippen molar-refractivity contribution < 1.29 is 0 Å². The molecule has 19 heavy (non-hydrogen) atoms. The predicted octanol–water partition coefficient (Wildman–Crippen LogP) is 4.13. The van der Waals surface area contributed by atoms with Gasteiger partial charge in [-0.15, -0.1) is 0 Å². The molecule has 1 aromatic carbocycles. The van der Waals surface area contributed by atoms with E-state index in [4.69, 9.17) is 0 Å². The van der Waals surface area contributed by atoms with Crippen LogP contribution in [0.1, 0.15) is 57.6 Å². The summed E-state index contributed by atoms with van der Waals surface area (Å²) >= 11 is 0. The molecule has 0 aromatic heterocycles. The van der Waals surface area contributed by atoms with Crippen molar-refractivity contribution in [3.05, 3.63) is 29.8 Å². The van der Waals surface area contributed by atoms with Gasteiger partial charge in [0.2, 0.25) is 0 Å². The molecule has 0 radical (unpaired) electrons. The van der Waals surface area contributed by atoms with Gasteiger partial charge in [0, 0.05) is 24.3 Å². The molecule has 1 fully saturated rings. The lowest BCUT2D eigenvalue weighted by atomic mass is 10.0. The first-order valence-electron chi connectivity index (χ1n) is 7.80. The Bertz CT molecular complexity index is 385. The van der Waals surface area contributed by atoms with Gasteiger partial charge in [-0.1, -0.05) is 38.0 Å². The smallest absolute Gasteiger partial charge is 0.0417 e. The Balaban J connectivity index is 2.32. The van der Waals surface area contributed by atoms with E-state index in [-0.39, 0.29) is 0 Å². The molecule has 2 unspecified atom stereocenters. The Morgan fingerprint density at radius 3 is 2.79 bits per heavy atom. The van der Waals surface area contributed by atoms with Crippen LogP contribution in [0.15, 0.2) is 24.3 Å². The summed E-state index contributed by atoms with van der Waals surface area (Å²) < 4.78 is 0. The number of anilines is 1. The standard InChI is InChI=1S/C17H28N2/c1-4-16(18-3)15-11-7-8-12-17(15)19-13-9-5-6-10-14(19)2/h7-8,11-12,14,16,18H,4-6,9-10,13H2,1-3H3. The fraction of sp³-hybridized carbons (Fsp3) is 0.647. The lowest BCUT2D eigenvalue weighted by molar-refractivity contribution is 0.565. The second kappa shape index (κ2) is 6.95. The van der Waals surface area contributed by atoms with Crippen LogP contribution in [0, 0.1) is 0 Å². The van der Waals surface area contributed by atoms with Gasteiger partial charge < -0.3 is 10.2 Å². The topological polar surface area (TPSA) is 15.3 Å². The molecule has 1 saturated heterocycles. The fourth-order valence-electron chi connectivity index (χ4n) is 3.26. The Kier molecular flexibility index (Phi) is 5.26. The minimum Gasteiger partial charge on any atom is -0.369 e. The normalized spacial score (nSPS) is 22.1. The molecular formula is C17H28N2. The van der Waals surface area contributed by atoms with E-state index in [9.17, 15) is 0 Å². The lowest BCUT2D eigenvalue weighted by Crippen LogP contribution is -2.34. The third-order valence-corrected chi connectivity index (χ3v) is 4.43. The van der Waals surface area contributed by atoms with E-state index >= 15 is 0 Å². The lowest BCUT2D eigenvalue weighted by Gasteiger charge is -2.33. The second-order valence-electron chi connectivity index (χ2n) is 5.70. The molecule has 2 heteroatoms. The Labute approximate surface area is 118 Å². The molecule has 1 aliphatic rings. The quantitative estimate of drug-likeness (QED) is 0.876. The van der Waals surface area contributed by atoms with Crippen molar-refractivity contribution in [1.82, 2.24) is 5.32 Å². The first kappa shape index (κ1) is 14.4. The highest BCUT2D eigenvalue weighted by Gasteiger charge is 2.21. The molecule has 0 aliphatic carbocycles. The van der Waals surface area contributed by atoms with Crippen LogP contribution in [-0.2, 0) is 0 Å². The van der Waals surface area contributed by atoms with Gasteiger partial charge in [-0.25, -0.2) is 0 Å². The van der Waals surface area contributed by atoms with E-state index in [0.29, 0.717) is 12.1 Å². The van der Waals surface area contributed by atoms with Crippen molar-refractivity contribution in [2.24, 2.45) is 0 Å². The maximum Gasteiger partial charge on any atom is 0.0417 e. The second-order valence-corrected chi connectivity index (χ2v) is 5.70. The molecule has 2 atom stereocenters. The largest absolute Gasteiger partial charge is 0.369 e. The summed E-state index contributed by atoms with van der Waals surface area (Å²) in [5, 5.41) is 3.45. The van der Waals surface area contributed by atoms with Crippen molar-refractivity contribution in [2.45, 2.75) is 58.0 Å². The van der Waals surface area contributed by atoms with Crippen LogP contribution >= 0.6 is 0 Å². The van der Waals surface area contributed by atoms with Crippen LogP contribution < -0.4 is 10.2 Å². The summed E-state index contributed by atoms with van der Waals surface area (Å²) in [6.07, 6.45) is 6.55. The van der Waals surface area contributed by atoms with Crippen molar-refractivity contribution in [3.8, 4) is 0 Å². The number of nitrogens with zero attached hydrogens (tertiary/aromatic N) is 1. The number of para-hydroxylation sites is 1. The van der Waals surface area contributed by atoms with Crippen molar-refractivity contribution in [1.29, 1.82) is 0 Å². The van der Waals surface area contributed by atoms with Gasteiger partial charge >= 0.3 is 0 Å². The molecule has 2 rings (SSSR count). The molecular weight excluding hydrogens is 232 g/mol. The number of hydrogen-bond acceptors (Lipinski definition) is 2. The Morgan fingerprint density at radius 1 is 1.26 bits per heavy atom. The highest BCUT2D eigenvalue weighted by molar-refractivity contribution is 5.56. The third-order valence-electron chi connectivity index (χ3n) is 4.43. The first-order chi connectivity index (χ1) is 9.27. The van der Waals surface area contributed by atoms with Gasteiger partial charge in [-0.2, -0.15) is 0 Å². The summed E-state index contributed by atoms with van der Waals surface area (Å²) in [7, 11) is 2.07. The van der Waals surface area contributed by atoms with Crippen molar-refractivity contribution >= 4 is 5.69 Å². The Morgan fingerprint density at radius 2 is 2.05 bits per heavy atom. The average molecular weight is 260 g/mol. The number of nitrogens with one attached hydrogen (secondary N) is 1. The summed E-state index contributed by atoms with van der Waals surface area (Å²) in [4.78, 5) is 2.63. The minimum absolute atomic E-state index is 0.464. The van der Waals surface area contributed by atoms with E-state index in [1.165, 1.54) is 43.5 Å². The van der Waals surface area contributed by atoms with E-state index < -0.39 is 0 Å². The zero-order chi connectivity index (χ0) is 13.7. The van der Waals surface area contributed by atoms with E-state index in [0.717, 1.165) is 6.42 Å². The van der Waals surface area contributed by atoms with Gasteiger partial charge in [0.05, 0.1) is 0 Å². The van der Waals surface area contributed by atoms with Crippen molar-refractivity contribution in [2.75, 3.05) is 18.5 Å². The van der Waals surface area contributed by atoms with Crippen LogP contribution in [-0.4, -0.2) is 19.6 Å². The van der Waals surface area contributed by atoms with Gasteiger partial charge in [0.1, 0.15) is 0 Å². The zero-order valence-electron chi connectivity index (χ0n) is 12.7. The van der Waals surface area contributed by atoms with Gasteiger partial charge in [-0.3, -0.25) is 0 Å². The third kappa shape index (κ3) is 3.30. The molecule has 0 amide bonds. The molecule has 1 aliphatic heterocycles. The van der Waals surface area contributed by atoms with Crippen LogP contribution in [0.4, 0.5) is 5.69 Å². The number of rotatable bonds is 4. The van der Waals surface area contributed by atoms with Crippen molar-refractivity contribution in [3.63, 3.8) is 0 Å². The van der Waals surface area contributed by atoms with Crippen LogP contribution in [0.25, 0.3) is 0 Å². The van der Waals surface area contributed by atoms with E-state index in [2.05, 4.69) is 55.4 Å². The Hall–Kier alpha value is -1.02. The van der Waals surface area contributed by atoms with E-state index in [1.54, 1.807) is 0 Å². The van der Waals surface area contributed by atoms with Crippen LogP contribution in [0.3, 0.4) is 0 Å². The highest BCUT2D eigenvalue weighted by atomic mass is 15.2. The molecule has 106 valence electrons. The zero-order valence-corrected chi connectivity index (χ0v) is 12.7. The summed E-state index contributed by atoms with van der Waals surface area (Å²) in [6, 6.07) is 10.1. The molecule has 2 nitrogen and oxygen atoms in total. The van der Waals surface area contributed by atoms with Gasteiger partial charge in [0.25, 0.3) is 0 Å². The monoisotopic (exact) mass is 260 g/mol. The number of hydrogen-bond donors (Lipinski definition) is 1. The molecule has 0 bridgehead atoms. The molecule has 1 N–H and O–H groups in total. The highest BCUT2D eigenvalue weighted by Crippen LogP contribution is 2.31. The molecule has 0 saturated carbocycles. The molecule has 1 aromatic rings. The van der Waals surface area contributed by atoms with E-state index in [1.807, 2.05) is 0 Å². The molecule has 1 heterocycles. The fourth-order valence-corrected chi connectivity index (χ4v) is 3.26. The summed E-state index contributed by atoms with van der Waals surface area (Å²) in [5.74, 6) is 0. The SMILES string of the molecule is CCC(NC)c1ccccc1N1CCCCCC1C. The summed E-state index contributed by atoms with van der Waals surface area (Å²) in [6.45, 7) is 5.84. The average Bonchev–Trinajstić information content (AvgIpc) is 2.65. The number of benzene rings is 1.